The molecule has 1 aromatic carbocycles. The summed E-state index contributed by atoms with van der Waals surface area (Å²) in [7, 11) is 0. The first kappa shape index (κ1) is 15.6. The third kappa shape index (κ3) is 2.64. The monoisotopic (exact) mass is 353 g/mol. The van der Waals surface area contributed by atoms with E-state index in [9.17, 15) is 4.79 Å². The zero-order chi connectivity index (χ0) is 17.6. The lowest BCUT2D eigenvalue weighted by Gasteiger charge is -1.96. The average molecular weight is 353 g/mol. The Morgan fingerprint density at radius 2 is 1.92 bits per heavy atom. The molecule has 4 aromatic rings. The van der Waals surface area contributed by atoms with Gasteiger partial charge < -0.3 is 4.52 Å². The summed E-state index contributed by atoms with van der Waals surface area (Å²) in [5.74, 6) is 0.826. The lowest BCUT2D eigenvalue weighted by Crippen LogP contribution is -2.14. The highest BCUT2D eigenvalue weighted by molar-refractivity contribution is 7.98. The molecule has 0 aliphatic carbocycles. The number of aromatic nitrogens is 5. The molecule has 7 nitrogen and oxygen atoms in total. The Balaban J connectivity index is 1.90. The first-order chi connectivity index (χ1) is 12.1. The smallest absolute Gasteiger partial charge is 0.272 e. The number of hydrogen-bond acceptors (Lipinski definition) is 6. The highest BCUT2D eigenvalue weighted by Gasteiger charge is 2.22. The summed E-state index contributed by atoms with van der Waals surface area (Å²) in [4.78, 5) is 21.2. The predicted molar refractivity (Wildman–Crippen MR) is 95.8 cm³/mol. The summed E-state index contributed by atoms with van der Waals surface area (Å²) in [6, 6.07) is 9.36. The molecule has 0 spiro atoms. The number of thioether (sulfide) groups is 1. The molecule has 3 heterocycles. The quantitative estimate of drug-likeness (QED) is 0.569. The van der Waals surface area contributed by atoms with Gasteiger partial charge in [0, 0.05) is 17.3 Å². The van der Waals surface area contributed by atoms with Gasteiger partial charge in [-0.25, -0.2) is 4.98 Å². The van der Waals surface area contributed by atoms with Crippen molar-refractivity contribution in [1.29, 1.82) is 0 Å². The Morgan fingerprint density at radius 1 is 1.16 bits per heavy atom. The van der Waals surface area contributed by atoms with Crippen LogP contribution in [0.1, 0.15) is 11.3 Å². The van der Waals surface area contributed by atoms with Gasteiger partial charge in [-0.15, -0.1) is 11.8 Å². The van der Waals surface area contributed by atoms with Crippen LogP contribution in [0.25, 0.3) is 28.5 Å². The van der Waals surface area contributed by atoms with Crippen molar-refractivity contribution in [3.05, 3.63) is 51.9 Å². The van der Waals surface area contributed by atoms with Crippen LogP contribution in [0.15, 0.2) is 44.7 Å². The number of aryl methyl sites for hydroxylation is 2. The molecule has 0 radical (unpaired) electrons. The van der Waals surface area contributed by atoms with Crippen LogP contribution in [0.4, 0.5) is 0 Å². The molecule has 0 saturated carbocycles. The van der Waals surface area contributed by atoms with Crippen LogP contribution < -0.4 is 5.56 Å². The Hall–Kier alpha value is -2.87. The first-order valence-electron chi connectivity index (χ1n) is 7.64. The summed E-state index contributed by atoms with van der Waals surface area (Å²) >= 11 is 1.45. The highest BCUT2D eigenvalue weighted by atomic mass is 32.2. The number of aromatic amines is 1. The van der Waals surface area contributed by atoms with Crippen molar-refractivity contribution in [2.24, 2.45) is 0 Å². The molecular formula is C17H15N5O2S. The van der Waals surface area contributed by atoms with Crippen molar-refractivity contribution in [3.8, 4) is 22.8 Å². The lowest BCUT2D eigenvalue weighted by atomic mass is 10.1. The van der Waals surface area contributed by atoms with Gasteiger partial charge >= 0.3 is 0 Å². The van der Waals surface area contributed by atoms with E-state index in [-0.39, 0.29) is 5.56 Å². The normalized spacial score (nSPS) is 11.3. The molecule has 0 amide bonds. The summed E-state index contributed by atoms with van der Waals surface area (Å²) in [6.07, 6.45) is 1.91. The van der Waals surface area contributed by atoms with Gasteiger partial charge in [0.25, 0.3) is 11.4 Å². The van der Waals surface area contributed by atoms with Gasteiger partial charge in [0.05, 0.1) is 0 Å². The maximum atomic E-state index is 12.2. The largest absolute Gasteiger partial charge is 0.333 e. The van der Waals surface area contributed by atoms with Crippen LogP contribution in [-0.4, -0.2) is 31.0 Å². The van der Waals surface area contributed by atoms with E-state index in [0.717, 1.165) is 16.2 Å². The molecule has 4 rings (SSSR count). The zero-order valence-corrected chi connectivity index (χ0v) is 14.7. The van der Waals surface area contributed by atoms with Crippen LogP contribution in [-0.2, 0) is 0 Å². The summed E-state index contributed by atoms with van der Waals surface area (Å²) in [5.41, 5.74) is 3.60. The number of nitrogens with one attached hydrogen (secondary N) is 1. The van der Waals surface area contributed by atoms with Crippen molar-refractivity contribution < 1.29 is 4.52 Å². The van der Waals surface area contributed by atoms with Gasteiger partial charge in [-0.3, -0.25) is 9.89 Å². The van der Waals surface area contributed by atoms with Crippen molar-refractivity contribution in [2.45, 2.75) is 18.9 Å². The van der Waals surface area contributed by atoms with Crippen molar-refractivity contribution in [3.63, 3.8) is 0 Å². The van der Waals surface area contributed by atoms with Gasteiger partial charge in [0.1, 0.15) is 10.6 Å². The molecule has 0 atom stereocenters. The molecule has 25 heavy (non-hydrogen) atoms. The van der Waals surface area contributed by atoms with E-state index in [0.29, 0.717) is 28.6 Å². The molecule has 0 aliphatic rings. The van der Waals surface area contributed by atoms with E-state index in [1.807, 2.05) is 37.4 Å². The molecule has 8 heteroatoms. The number of rotatable bonds is 3. The van der Waals surface area contributed by atoms with Crippen LogP contribution in [0.3, 0.4) is 0 Å². The fourth-order valence-corrected chi connectivity index (χ4v) is 3.18. The second-order valence-electron chi connectivity index (χ2n) is 5.70. The van der Waals surface area contributed by atoms with E-state index >= 15 is 0 Å². The Bertz CT molecular complexity index is 1120. The van der Waals surface area contributed by atoms with Crippen molar-refractivity contribution in [2.75, 3.05) is 6.26 Å². The molecule has 0 unspecified atom stereocenters. The third-order valence-corrected chi connectivity index (χ3v) is 4.57. The standard InChI is InChI=1S/C17H15N5O2S/c1-9-4-6-11(7-5-9)14-19-16(24-21-14)13-15-18-10(2)8-12(23)22(15)20-17(13)25-3/h4-8,20H,1-3H3. The van der Waals surface area contributed by atoms with Crippen LogP contribution in [0, 0.1) is 13.8 Å². The molecule has 3 aromatic heterocycles. The maximum absolute atomic E-state index is 12.2. The zero-order valence-electron chi connectivity index (χ0n) is 13.9. The van der Waals surface area contributed by atoms with Crippen molar-refractivity contribution in [1.82, 2.24) is 24.7 Å². The van der Waals surface area contributed by atoms with E-state index in [4.69, 9.17) is 4.52 Å². The SMILES string of the molecule is CSc1[nH]n2c(=O)cc(C)nc2c1-c1nc(-c2ccc(C)cc2)no1. The van der Waals surface area contributed by atoms with Crippen molar-refractivity contribution >= 4 is 17.4 Å². The van der Waals surface area contributed by atoms with Gasteiger partial charge in [-0.1, -0.05) is 35.0 Å². The topological polar surface area (TPSA) is 89.1 Å². The van der Waals surface area contributed by atoms with Gasteiger partial charge in [0.15, 0.2) is 5.65 Å². The molecule has 1 N–H and O–H groups in total. The molecule has 0 saturated heterocycles. The minimum Gasteiger partial charge on any atom is -0.333 e. The molecule has 126 valence electrons. The molecule has 0 aliphatic heterocycles. The Kier molecular flexibility index (Phi) is 3.69. The van der Waals surface area contributed by atoms with Crippen LogP contribution in [0.5, 0.6) is 0 Å². The number of H-pyrrole nitrogens is 1. The summed E-state index contributed by atoms with van der Waals surface area (Å²) in [6.45, 7) is 3.80. The number of nitrogens with zero attached hydrogens (tertiary/aromatic N) is 4. The highest BCUT2D eigenvalue weighted by Crippen LogP contribution is 2.32. The van der Waals surface area contributed by atoms with Gasteiger partial charge in [-0.05, 0) is 20.1 Å². The Labute approximate surface area is 147 Å². The van der Waals surface area contributed by atoms with Crippen LogP contribution >= 0.6 is 11.8 Å². The minimum absolute atomic E-state index is 0.178. The summed E-state index contributed by atoms with van der Waals surface area (Å²) in [5, 5.41) is 7.86. The fraction of sp³-hybridized carbons (Fsp3) is 0.176. The second kappa shape index (κ2) is 5.89. The fourth-order valence-electron chi connectivity index (χ4n) is 2.62. The average Bonchev–Trinajstić information content (AvgIpc) is 3.19. The third-order valence-electron chi connectivity index (χ3n) is 3.86. The van der Waals surface area contributed by atoms with E-state index in [1.54, 1.807) is 6.92 Å². The van der Waals surface area contributed by atoms with E-state index in [1.165, 1.54) is 22.3 Å². The Morgan fingerprint density at radius 3 is 2.64 bits per heavy atom. The molecule has 0 bridgehead atoms. The van der Waals surface area contributed by atoms with Crippen LogP contribution in [0.2, 0.25) is 0 Å². The second-order valence-corrected chi connectivity index (χ2v) is 6.52. The minimum atomic E-state index is -0.178. The molecular weight excluding hydrogens is 338 g/mol. The number of fused-ring (bicyclic) bond motifs is 1. The van der Waals surface area contributed by atoms with Gasteiger partial charge in [0.2, 0.25) is 5.82 Å². The first-order valence-corrected chi connectivity index (χ1v) is 8.87. The van der Waals surface area contributed by atoms with E-state index < -0.39 is 0 Å². The summed E-state index contributed by atoms with van der Waals surface area (Å²) < 4.78 is 6.87. The molecule has 0 fully saturated rings. The van der Waals surface area contributed by atoms with Gasteiger partial charge in [-0.2, -0.15) is 9.50 Å². The number of benzene rings is 1. The maximum Gasteiger partial charge on any atom is 0.272 e. The lowest BCUT2D eigenvalue weighted by molar-refractivity contribution is 0.432. The predicted octanol–water partition coefficient (Wildman–Crippen LogP) is 3.08. The number of hydrogen-bond donors (Lipinski definition) is 1. The van der Waals surface area contributed by atoms with E-state index in [2.05, 4.69) is 20.2 Å².